The van der Waals surface area contributed by atoms with Gasteiger partial charge in [-0.05, 0) is 37.5 Å². The number of carbonyl (C=O) groups is 1. The maximum atomic E-state index is 12.5. The molecule has 0 fully saturated rings. The second-order valence-electron chi connectivity index (χ2n) is 6.20. The Bertz CT molecular complexity index is 875. The summed E-state index contributed by atoms with van der Waals surface area (Å²) in [4.78, 5) is 11.7. The molecule has 7 nitrogen and oxygen atoms in total. The molecule has 0 aliphatic rings. The monoisotopic (exact) mass is 382 g/mol. The molecule has 0 saturated heterocycles. The lowest BCUT2D eigenvalue weighted by Gasteiger charge is -2.14. The lowest BCUT2D eigenvalue weighted by Crippen LogP contribution is -2.27. The topological polar surface area (TPSA) is 101 Å². The Morgan fingerprint density at radius 2 is 1.80 bits per heavy atom. The number of benzene rings is 1. The summed E-state index contributed by atoms with van der Waals surface area (Å²) < 4.78 is 27.4. The first-order valence-electron chi connectivity index (χ1n) is 7.84. The van der Waals surface area contributed by atoms with Crippen molar-refractivity contribution in [1.29, 1.82) is 0 Å². The summed E-state index contributed by atoms with van der Waals surface area (Å²) in [7, 11) is -3.82. The third kappa shape index (κ3) is 4.83. The van der Waals surface area contributed by atoms with Gasteiger partial charge in [0.1, 0.15) is 0 Å². The Kier molecular flexibility index (Phi) is 5.91. The summed E-state index contributed by atoms with van der Waals surface area (Å²) in [5.41, 5.74) is 3.11. The molecule has 1 atom stereocenters. The maximum Gasteiger partial charge on any atom is 0.270 e. The highest BCUT2D eigenvalue weighted by atomic mass is 32.2. The number of anilines is 1. The van der Waals surface area contributed by atoms with E-state index >= 15 is 0 Å². The molecule has 0 spiro atoms. The van der Waals surface area contributed by atoms with E-state index in [1.807, 2.05) is 32.0 Å². The van der Waals surface area contributed by atoms with Gasteiger partial charge < -0.3 is 5.32 Å². The molecular formula is C16H22N4O3S2. The Morgan fingerprint density at radius 1 is 1.12 bits per heavy atom. The predicted octanol–water partition coefficient (Wildman–Crippen LogP) is 2.79. The standard InChI is InChI=1S/C16H22N4O3S2/c1-9(2)14(21)17-15-18-19-16(24-15)25(22,23)20-12(5)13-7-6-10(3)11(4)8-13/h6-9,12,20H,1-5H3,(H,17,18,21)/t12-/m0/s1. The number of aryl methyl sites for hydroxylation is 2. The van der Waals surface area contributed by atoms with Crippen LogP contribution in [0.4, 0.5) is 5.13 Å². The number of nitrogens with one attached hydrogen (secondary N) is 2. The Labute approximate surface area is 151 Å². The highest BCUT2D eigenvalue weighted by Crippen LogP contribution is 2.23. The molecule has 1 aromatic heterocycles. The zero-order valence-electron chi connectivity index (χ0n) is 14.8. The number of hydrogen-bond acceptors (Lipinski definition) is 6. The van der Waals surface area contributed by atoms with Crippen molar-refractivity contribution in [2.75, 3.05) is 5.32 Å². The second kappa shape index (κ2) is 7.59. The van der Waals surface area contributed by atoms with Crippen LogP contribution in [-0.4, -0.2) is 24.5 Å². The first-order valence-corrected chi connectivity index (χ1v) is 10.1. The van der Waals surface area contributed by atoms with E-state index < -0.39 is 16.1 Å². The molecule has 2 rings (SSSR count). The van der Waals surface area contributed by atoms with Gasteiger partial charge in [0.25, 0.3) is 10.0 Å². The van der Waals surface area contributed by atoms with E-state index in [2.05, 4.69) is 20.2 Å². The van der Waals surface area contributed by atoms with Gasteiger partial charge in [-0.25, -0.2) is 13.1 Å². The third-order valence-electron chi connectivity index (χ3n) is 3.75. The summed E-state index contributed by atoms with van der Waals surface area (Å²) in [6.45, 7) is 9.22. The van der Waals surface area contributed by atoms with Crippen molar-refractivity contribution < 1.29 is 13.2 Å². The van der Waals surface area contributed by atoms with Gasteiger partial charge in [-0.3, -0.25) is 4.79 Å². The van der Waals surface area contributed by atoms with Crippen molar-refractivity contribution in [1.82, 2.24) is 14.9 Å². The average Bonchev–Trinajstić information content (AvgIpc) is 2.98. The largest absolute Gasteiger partial charge is 0.300 e. The summed E-state index contributed by atoms with van der Waals surface area (Å²) >= 11 is 0.824. The molecule has 0 aliphatic heterocycles. The van der Waals surface area contributed by atoms with Gasteiger partial charge in [-0.15, -0.1) is 10.2 Å². The highest BCUT2D eigenvalue weighted by Gasteiger charge is 2.24. The Hall–Kier alpha value is -1.84. The fraction of sp³-hybridized carbons (Fsp3) is 0.438. The van der Waals surface area contributed by atoms with E-state index in [4.69, 9.17) is 0 Å². The van der Waals surface area contributed by atoms with Crippen LogP contribution in [0.1, 0.15) is 43.5 Å². The molecule has 1 amide bonds. The SMILES string of the molecule is Cc1ccc([C@H](C)NS(=O)(=O)c2nnc(NC(=O)C(C)C)s2)cc1C. The summed E-state index contributed by atoms with van der Waals surface area (Å²) in [6, 6.07) is 5.39. The first kappa shape index (κ1) is 19.5. The second-order valence-corrected chi connectivity index (χ2v) is 9.07. The van der Waals surface area contributed by atoms with Gasteiger partial charge in [-0.2, -0.15) is 0 Å². The van der Waals surface area contributed by atoms with E-state index in [0.717, 1.165) is 28.0 Å². The van der Waals surface area contributed by atoms with Gasteiger partial charge in [0.15, 0.2) is 0 Å². The number of nitrogens with zero attached hydrogens (tertiary/aromatic N) is 2. The van der Waals surface area contributed by atoms with Crippen LogP contribution in [0.5, 0.6) is 0 Å². The number of carbonyl (C=O) groups excluding carboxylic acids is 1. The maximum absolute atomic E-state index is 12.5. The van der Waals surface area contributed by atoms with Crippen LogP contribution >= 0.6 is 11.3 Å². The number of amides is 1. The van der Waals surface area contributed by atoms with Crippen LogP contribution < -0.4 is 10.0 Å². The molecule has 1 heterocycles. The minimum atomic E-state index is -3.82. The number of aromatic nitrogens is 2. The van der Waals surface area contributed by atoms with Gasteiger partial charge in [0.2, 0.25) is 15.4 Å². The molecule has 0 bridgehead atoms. The predicted molar refractivity (Wildman–Crippen MR) is 98.0 cm³/mol. The third-order valence-corrected chi connectivity index (χ3v) is 6.50. The fourth-order valence-corrected chi connectivity index (χ4v) is 4.15. The molecule has 2 N–H and O–H groups in total. The summed E-state index contributed by atoms with van der Waals surface area (Å²) in [6.07, 6.45) is 0. The van der Waals surface area contributed by atoms with Gasteiger partial charge in [0, 0.05) is 12.0 Å². The summed E-state index contributed by atoms with van der Waals surface area (Å²) in [5.74, 6) is -0.469. The van der Waals surface area contributed by atoms with Crippen LogP contribution in [0.15, 0.2) is 22.5 Å². The van der Waals surface area contributed by atoms with Crippen molar-refractivity contribution in [3.63, 3.8) is 0 Å². The van der Waals surface area contributed by atoms with Gasteiger partial charge >= 0.3 is 0 Å². The van der Waals surface area contributed by atoms with Crippen molar-refractivity contribution in [3.05, 3.63) is 34.9 Å². The Morgan fingerprint density at radius 3 is 2.40 bits per heavy atom. The van der Waals surface area contributed by atoms with E-state index in [0.29, 0.717) is 0 Å². The molecule has 25 heavy (non-hydrogen) atoms. The van der Waals surface area contributed by atoms with Crippen molar-refractivity contribution >= 4 is 32.4 Å². The molecule has 9 heteroatoms. The number of sulfonamides is 1. The van der Waals surface area contributed by atoms with E-state index in [1.54, 1.807) is 20.8 Å². The normalized spacial score (nSPS) is 13.0. The smallest absolute Gasteiger partial charge is 0.270 e. The average molecular weight is 383 g/mol. The number of rotatable bonds is 6. The lowest BCUT2D eigenvalue weighted by molar-refractivity contribution is -0.118. The minimum Gasteiger partial charge on any atom is -0.300 e. The Balaban J connectivity index is 2.14. The fourth-order valence-electron chi connectivity index (χ4n) is 2.00. The quantitative estimate of drug-likeness (QED) is 0.748. The number of hydrogen-bond donors (Lipinski definition) is 2. The van der Waals surface area contributed by atoms with Crippen molar-refractivity contribution in [2.45, 2.75) is 45.0 Å². The molecule has 0 aliphatic carbocycles. The van der Waals surface area contributed by atoms with Crippen molar-refractivity contribution in [3.8, 4) is 0 Å². The van der Waals surface area contributed by atoms with Crippen LogP contribution in [-0.2, 0) is 14.8 Å². The minimum absolute atomic E-state index is 0.165. The zero-order valence-corrected chi connectivity index (χ0v) is 16.5. The highest BCUT2D eigenvalue weighted by molar-refractivity contribution is 7.91. The van der Waals surface area contributed by atoms with Gasteiger partial charge in [-0.1, -0.05) is 43.4 Å². The molecule has 2 aromatic rings. The molecule has 136 valence electrons. The van der Waals surface area contributed by atoms with Crippen LogP contribution in [0.25, 0.3) is 0 Å². The van der Waals surface area contributed by atoms with Crippen LogP contribution in [0.3, 0.4) is 0 Å². The molecule has 1 aromatic carbocycles. The van der Waals surface area contributed by atoms with E-state index in [1.165, 1.54) is 0 Å². The molecule has 0 saturated carbocycles. The lowest BCUT2D eigenvalue weighted by atomic mass is 10.0. The zero-order chi connectivity index (χ0) is 18.8. The molecule has 0 unspecified atom stereocenters. The van der Waals surface area contributed by atoms with E-state index in [9.17, 15) is 13.2 Å². The molecular weight excluding hydrogens is 360 g/mol. The van der Waals surface area contributed by atoms with E-state index in [-0.39, 0.29) is 21.3 Å². The van der Waals surface area contributed by atoms with Crippen LogP contribution in [0.2, 0.25) is 0 Å². The summed E-state index contributed by atoms with van der Waals surface area (Å²) in [5, 5.41) is 10.1. The van der Waals surface area contributed by atoms with Crippen molar-refractivity contribution in [2.24, 2.45) is 5.92 Å². The first-order chi connectivity index (χ1) is 11.6. The van der Waals surface area contributed by atoms with Gasteiger partial charge in [0.05, 0.1) is 0 Å². The van der Waals surface area contributed by atoms with Crippen LogP contribution in [0, 0.1) is 19.8 Å². The molecule has 0 radical (unpaired) electrons.